The fourth-order valence-corrected chi connectivity index (χ4v) is 4.02. The molecule has 1 unspecified atom stereocenters. The highest BCUT2D eigenvalue weighted by atomic mass is 79.9. The van der Waals surface area contributed by atoms with Crippen molar-refractivity contribution in [3.8, 4) is 0 Å². The van der Waals surface area contributed by atoms with Gasteiger partial charge < -0.3 is 9.47 Å². The van der Waals surface area contributed by atoms with E-state index in [2.05, 4.69) is 15.9 Å². The number of ketones is 2. The van der Waals surface area contributed by atoms with E-state index in [4.69, 9.17) is 9.47 Å². The van der Waals surface area contributed by atoms with E-state index < -0.39 is 17.6 Å². The number of halogens is 1. The Morgan fingerprint density at radius 3 is 2.83 bits per heavy atom. The van der Waals surface area contributed by atoms with Crippen molar-refractivity contribution in [1.29, 1.82) is 0 Å². The molecule has 3 atom stereocenters. The third-order valence-electron chi connectivity index (χ3n) is 4.83. The minimum absolute atomic E-state index is 0.100. The summed E-state index contributed by atoms with van der Waals surface area (Å²) in [5, 5.41) is 0. The molecule has 2 aliphatic heterocycles. The molecule has 23 heavy (non-hydrogen) atoms. The highest BCUT2D eigenvalue weighted by molar-refractivity contribution is 9.10. The van der Waals surface area contributed by atoms with E-state index in [0.29, 0.717) is 19.4 Å². The van der Waals surface area contributed by atoms with Gasteiger partial charge in [0.15, 0.2) is 17.2 Å². The van der Waals surface area contributed by atoms with Gasteiger partial charge in [-0.1, -0.05) is 28.9 Å². The van der Waals surface area contributed by atoms with Crippen LogP contribution in [0.4, 0.5) is 0 Å². The van der Waals surface area contributed by atoms with Gasteiger partial charge in [0.2, 0.25) is 0 Å². The van der Waals surface area contributed by atoms with E-state index >= 15 is 0 Å². The number of carbonyl (C=O) groups is 2. The van der Waals surface area contributed by atoms with Gasteiger partial charge in [0, 0.05) is 11.1 Å². The number of fused-ring (bicyclic) bond motifs is 2. The smallest absolute Gasteiger partial charge is 0.181 e. The first-order chi connectivity index (χ1) is 11.0. The van der Waals surface area contributed by atoms with Crippen molar-refractivity contribution in [1.82, 2.24) is 0 Å². The lowest BCUT2D eigenvalue weighted by molar-refractivity contribution is -0.170. The summed E-state index contributed by atoms with van der Waals surface area (Å²) in [5.41, 5.74) is 0.901. The highest BCUT2D eigenvalue weighted by Crippen LogP contribution is 2.44. The monoisotopic (exact) mass is 380 g/mol. The van der Waals surface area contributed by atoms with Gasteiger partial charge in [0.25, 0.3) is 0 Å². The molecule has 0 radical (unpaired) electrons. The van der Waals surface area contributed by atoms with Gasteiger partial charge in [-0.25, -0.2) is 0 Å². The highest BCUT2D eigenvalue weighted by Gasteiger charge is 2.58. The van der Waals surface area contributed by atoms with Crippen LogP contribution in [0, 0.1) is 0 Å². The van der Waals surface area contributed by atoms with Gasteiger partial charge in [-0.05, 0) is 49.4 Å². The van der Waals surface area contributed by atoms with Crippen LogP contribution in [0.15, 0.2) is 22.7 Å². The van der Waals surface area contributed by atoms with Crippen molar-refractivity contribution >= 4 is 27.5 Å². The zero-order chi connectivity index (χ0) is 16.6. The molecule has 5 heteroatoms. The predicted molar refractivity (Wildman–Crippen MR) is 89.6 cm³/mol. The Kier molecular flexibility index (Phi) is 4.72. The number of ether oxygens (including phenoxy) is 2. The van der Waals surface area contributed by atoms with Crippen molar-refractivity contribution in [2.75, 3.05) is 13.2 Å². The third kappa shape index (κ3) is 2.79. The minimum atomic E-state index is -0.947. The number of benzene rings is 1. The van der Waals surface area contributed by atoms with Crippen molar-refractivity contribution in [3.63, 3.8) is 0 Å². The Morgan fingerprint density at radius 2 is 2.13 bits per heavy atom. The lowest BCUT2D eigenvalue weighted by Gasteiger charge is -2.36. The van der Waals surface area contributed by atoms with E-state index in [1.54, 1.807) is 0 Å². The molecule has 124 valence electrons. The molecule has 0 saturated carbocycles. The zero-order valence-corrected chi connectivity index (χ0v) is 15.0. The van der Waals surface area contributed by atoms with Gasteiger partial charge in [-0.3, -0.25) is 9.59 Å². The molecule has 2 saturated heterocycles. The van der Waals surface area contributed by atoms with Gasteiger partial charge in [0.05, 0.1) is 6.61 Å². The maximum Gasteiger partial charge on any atom is 0.181 e. The molecule has 0 aromatic heterocycles. The quantitative estimate of drug-likeness (QED) is 0.736. The number of carbonyl (C=O) groups excluding carboxylic acids is 2. The molecule has 0 spiro atoms. The lowest BCUT2D eigenvalue weighted by atomic mass is 9.79. The second-order valence-electron chi connectivity index (χ2n) is 6.17. The van der Waals surface area contributed by atoms with Gasteiger partial charge in [0.1, 0.15) is 12.0 Å². The first-order valence-electron chi connectivity index (χ1n) is 8.14. The molecule has 0 aliphatic carbocycles. The summed E-state index contributed by atoms with van der Waals surface area (Å²) in [7, 11) is 0. The van der Waals surface area contributed by atoms with Crippen molar-refractivity contribution < 1.29 is 19.1 Å². The molecule has 2 heterocycles. The minimum Gasteiger partial charge on any atom is -0.378 e. The summed E-state index contributed by atoms with van der Waals surface area (Å²) in [6.07, 6.45) is 1.46. The average Bonchev–Trinajstić information content (AvgIpc) is 2.95. The van der Waals surface area contributed by atoms with Crippen molar-refractivity contribution in [3.05, 3.63) is 33.8 Å². The average molecular weight is 381 g/mol. The van der Waals surface area contributed by atoms with Crippen LogP contribution in [-0.2, 0) is 25.5 Å². The number of hydrogen-bond acceptors (Lipinski definition) is 4. The van der Waals surface area contributed by atoms with E-state index in [-0.39, 0.29) is 18.2 Å². The molecular weight excluding hydrogens is 360 g/mol. The Hall–Kier alpha value is -1.04. The van der Waals surface area contributed by atoms with Crippen LogP contribution in [-0.4, -0.2) is 36.5 Å². The Balaban J connectivity index is 2.02. The summed E-state index contributed by atoms with van der Waals surface area (Å²) >= 11 is 3.46. The lowest BCUT2D eigenvalue weighted by Crippen LogP contribution is -2.53. The van der Waals surface area contributed by atoms with Crippen molar-refractivity contribution in [2.24, 2.45) is 0 Å². The summed E-state index contributed by atoms with van der Waals surface area (Å²) in [6.45, 7) is 4.69. The summed E-state index contributed by atoms with van der Waals surface area (Å²) in [6, 6.07) is 5.77. The van der Waals surface area contributed by atoms with Crippen LogP contribution < -0.4 is 0 Å². The second-order valence-corrected chi connectivity index (χ2v) is 7.09. The fourth-order valence-electron chi connectivity index (χ4n) is 3.62. The third-order valence-corrected chi connectivity index (χ3v) is 5.32. The van der Waals surface area contributed by atoms with E-state index in [1.165, 1.54) is 0 Å². The normalized spacial score (nSPS) is 30.0. The molecule has 3 rings (SSSR count). The molecule has 0 N–H and O–H groups in total. The topological polar surface area (TPSA) is 52.6 Å². The first kappa shape index (κ1) is 16.8. The maximum absolute atomic E-state index is 13.1. The fraction of sp³-hybridized carbons (Fsp3) is 0.556. The van der Waals surface area contributed by atoms with Gasteiger partial charge in [-0.15, -0.1) is 0 Å². The Bertz CT molecular complexity index is 642. The Morgan fingerprint density at radius 1 is 1.35 bits per heavy atom. The molecule has 2 bridgehead atoms. The molecular formula is C18H21BrO4. The SMILES string of the molecule is CCOC[C@]12CC[C@H](O1)C(=O)C(c1ccc(Br)cc1CC)C2=O. The van der Waals surface area contributed by atoms with Crippen LogP contribution in [0.25, 0.3) is 0 Å². The first-order valence-corrected chi connectivity index (χ1v) is 8.93. The predicted octanol–water partition coefficient (Wildman–Crippen LogP) is 3.20. The van der Waals surface area contributed by atoms with Gasteiger partial charge in [-0.2, -0.15) is 0 Å². The maximum atomic E-state index is 13.1. The zero-order valence-electron chi connectivity index (χ0n) is 13.4. The van der Waals surface area contributed by atoms with Crippen LogP contribution in [0.1, 0.15) is 43.7 Å². The number of rotatable bonds is 5. The van der Waals surface area contributed by atoms with Crippen LogP contribution in [0.2, 0.25) is 0 Å². The number of Topliss-reactive ketones (excluding diaryl/α,β-unsaturated/α-hetero) is 2. The Labute approximate surface area is 144 Å². The molecule has 1 aromatic carbocycles. The second kappa shape index (κ2) is 6.46. The largest absolute Gasteiger partial charge is 0.378 e. The molecule has 0 amide bonds. The summed E-state index contributed by atoms with van der Waals surface area (Å²) < 4.78 is 12.3. The molecule has 2 aliphatic rings. The van der Waals surface area contributed by atoms with E-state index in [9.17, 15) is 9.59 Å². The van der Waals surface area contributed by atoms with Gasteiger partial charge >= 0.3 is 0 Å². The van der Waals surface area contributed by atoms with E-state index in [1.807, 2.05) is 32.0 Å². The summed E-state index contributed by atoms with van der Waals surface area (Å²) in [4.78, 5) is 25.9. The van der Waals surface area contributed by atoms with E-state index in [0.717, 1.165) is 22.0 Å². The summed E-state index contributed by atoms with van der Waals surface area (Å²) in [5.74, 6) is -0.960. The van der Waals surface area contributed by atoms with Crippen LogP contribution in [0.3, 0.4) is 0 Å². The van der Waals surface area contributed by atoms with Crippen molar-refractivity contribution in [2.45, 2.75) is 50.7 Å². The molecule has 2 fully saturated rings. The number of aryl methyl sites for hydroxylation is 1. The standard InChI is InChI=1S/C18H21BrO4/c1-3-11-9-12(19)5-6-13(11)15-16(20)14-7-8-18(23-14,17(15)21)10-22-4-2/h5-6,9,14-15H,3-4,7-8,10H2,1-2H3/t14-,15?,18-/m0/s1. The number of hydrogen-bond donors (Lipinski definition) is 0. The van der Waals surface area contributed by atoms with Crippen LogP contribution >= 0.6 is 15.9 Å². The van der Waals surface area contributed by atoms with Crippen LogP contribution in [0.5, 0.6) is 0 Å². The molecule has 4 nitrogen and oxygen atoms in total. The molecule has 1 aromatic rings.